The highest BCUT2D eigenvalue weighted by Crippen LogP contribution is 2.61. The van der Waals surface area contributed by atoms with E-state index in [0.717, 1.165) is 11.8 Å². The fourth-order valence-corrected chi connectivity index (χ4v) is 2.71. The maximum absolute atomic E-state index is 5.86. The van der Waals surface area contributed by atoms with Gasteiger partial charge in [-0.3, -0.25) is 0 Å². The van der Waals surface area contributed by atoms with Crippen molar-refractivity contribution in [3.8, 4) is 0 Å². The van der Waals surface area contributed by atoms with Crippen molar-refractivity contribution in [3.05, 3.63) is 0 Å². The van der Waals surface area contributed by atoms with Gasteiger partial charge in [0.25, 0.3) is 0 Å². The highest BCUT2D eigenvalue weighted by atomic mass is 35.5. The third kappa shape index (κ3) is 0.797. The molecule has 2 aliphatic carbocycles. The van der Waals surface area contributed by atoms with Crippen LogP contribution in [0.4, 0.5) is 0 Å². The zero-order chi connectivity index (χ0) is 6.32. The van der Waals surface area contributed by atoms with E-state index < -0.39 is 0 Å². The molecule has 0 aromatic heterocycles. The van der Waals surface area contributed by atoms with Crippen LogP contribution in [0.15, 0.2) is 0 Å². The van der Waals surface area contributed by atoms with Crippen molar-refractivity contribution in [2.24, 2.45) is 11.3 Å². The lowest BCUT2D eigenvalue weighted by molar-refractivity contribution is 0.370. The molecule has 0 spiro atoms. The molecular formula is C8H13Cl. The van der Waals surface area contributed by atoms with Gasteiger partial charge in [-0.15, -0.1) is 11.6 Å². The quantitative estimate of drug-likeness (QED) is 0.497. The Morgan fingerprint density at radius 1 is 1.44 bits per heavy atom. The molecule has 2 fully saturated rings. The van der Waals surface area contributed by atoms with E-state index in [4.69, 9.17) is 11.6 Å². The highest BCUT2D eigenvalue weighted by Gasteiger charge is 2.53. The molecule has 0 nitrogen and oxygen atoms in total. The Bertz CT molecular complexity index is 122. The Morgan fingerprint density at radius 2 is 2.33 bits per heavy atom. The van der Waals surface area contributed by atoms with Crippen molar-refractivity contribution in [2.45, 2.75) is 32.1 Å². The van der Waals surface area contributed by atoms with E-state index >= 15 is 0 Å². The molecule has 0 amide bonds. The monoisotopic (exact) mass is 144 g/mol. The summed E-state index contributed by atoms with van der Waals surface area (Å²) in [6, 6.07) is 0. The van der Waals surface area contributed by atoms with E-state index in [1.807, 2.05) is 0 Å². The van der Waals surface area contributed by atoms with Crippen LogP contribution in [0.3, 0.4) is 0 Å². The van der Waals surface area contributed by atoms with E-state index in [-0.39, 0.29) is 0 Å². The van der Waals surface area contributed by atoms with Crippen LogP contribution in [-0.4, -0.2) is 5.88 Å². The largest absolute Gasteiger partial charge is 0.126 e. The predicted molar refractivity (Wildman–Crippen MR) is 39.7 cm³/mol. The zero-order valence-corrected chi connectivity index (χ0v) is 6.45. The maximum Gasteiger partial charge on any atom is 0.0282 e. The third-order valence-corrected chi connectivity index (χ3v) is 3.63. The summed E-state index contributed by atoms with van der Waals surface area (Å²) in [7, 11) is 0. The van der Waals surface area contributed by atoms with E-state index in [2.05, 4.69) is 0 Å². The fraction of sp³-hybridized carbons (Fsp3) is 1.00. The van der Waals surface area contributed by atoms with Crippen molar-refractivity contribution in [2.75, 3.05) is 5.88 Å². The Morgan fingerprint density at radius 3 is 2.89 bits per heavy atom. The lowest BCUT2D eigenvalue weighted by atomic mass is 9.90. The first-order chi connectivity index (χ1) is 4.37. The zero-order valence-electron chi connectivity index (χ0n) is 5.70. The summed E-state index contributed by atoms with van der Waals surface area (Å²) in [5.74, 6) is 1.96. The topological polar surface area (TPSA) is 0 Å². The van der Waals surface area contributed by atoms with Crippen molar-refractivity contribution in [1.29, 1.82) is 0 Å². The lowest BCUT2D eigenvalue weighted by Crippen LogP contribution is -2.10. The minimum atomic E-state index is 0.653. The van der Waals surface area contributed by atoms with Crippen LogP contribution in [0.1, 0.15) is 32.1 Å². The first-order valence-electron chi connectivity index (χ1n) is 3.93. The molecule has 52 valence electrons. The molecule has 0 saturated heterocycles. The lowest BCUT2D eigenvalue weighted by Gasteiger charge is -2.18. The second-order valence-electron chi connectivity index (χ2n) is 3.64. The molecule has 0 heterocycles. The molecule has 0 aromatic carbocycles. The van der Waals surface area contributed by atoms with Crippen molar-refractivity contribution in [1.82, 2.24) is 0 Å². The summed E-state index contributed by atoms with van der Waals surface area (Å²) >= 11 is 5.86. The minimum absolute atomic E-state index is 0.653. The number of hydrogen-bond acceptors (Lipinski definition) is 0. The first-order valence-corrected chi connectivity index (χ1v) is 4.47. The summed E-state index contributed by atoms with van der Waals surface area (Å²) in [4.78, 5) is 0. The van der Waals surface area contributed by atoms with Crippen LogP contribution >= 0.6 is 11.6 Å². The second kappa shape index (κ2) is 1.88. The molecule has 2 aliphatic rings. The number of halogens is 1. The average molecular weight is 145 g/mol. The van der Waals surface area contributed by atoms with Gasteiger partial charge in [0.05, 0.1) is 0 Å². The molecule has 1 heteroatoms. The summed E-state index contributed by atoms with van der Waals surface area (Å²) in [5.41, 5.74) is 0.653. The number of alkyl halides is 1. The maximum atomic E-state index is 5.86. The summed E-state index contributed by atoms with van der Waals surface area (Å²) in [6.45, 7) is 0. The molecule has 0 unspecified atom stereocenters. The average Bonchev–Trinajstić information content (AvgIpc) is 2.62. The van der Waals surface area contributed by atoms with Gasteiger partial charge in [0.15, 0.2) is 0 Å². The second-order valence-corrected chi connectivity index (χ2v) is 3.91. The molecule has 0 aromatic rings. The standard InChI is InChI=1S/C8H13Cl/c9-6-8-4-2-1-3-7(8)5-8/h7H,1-6H2/t7-,8-/m0/s1. The SMILES string of the molecule is ClC[C@@]12CCCC[C@H]1C2. The summed E-state index contributed by atoms with van der Waals surface area (Å²) < 4.78 is 0. The van der Waals surface area contributed by atoms with Crippen molar-refractivity contribution in [3.63, 3.8) is 0 Å². The third-order valence-electron chi connectivity index (χ3n) is 3.10. The molecule has 2 saturated carbocycles. The number of hydrogen-bond donors (Lipinski definition) is 0. The van der Waals surface area contributed by atoms with Gasteiger partial charge in [-0.25, -0.2) is 0 Å². The molecular weight excluding hydrogens is 132 g/mol. The van der Waals surface area contributed by atoms with Crippen LogP contribution in [0.5, 0.6) is 0 Å². The van der Waals surface area contributed by atoms with Crippen LogP contribution in [0, 0.1) is 11.3 Å². The van der Waals surface area contributed by atoms with Gasteiger partial charge in [-0.1, -0.05) is 12.8 Å². The molecule has 2 rings (SSSR count). The Labute approximate surface area is 61.6 Å². The molecule has 2 atom stereocenters. The van der Waals surface area contributed by atoms with Gasteiger partial charge in [-0.05, 0) is 30.6 Å². The Kier molecular flexibility index (Phi) is 1.26. The molecule has 0 aliphatic heterocycles. The van der Waals surface area contributed by atoms with Crippen LogP contribution in [0.2, 0.25) is 0 Å². The molecule has 0 radical (unpaired) electrons. The van der Waals surface area contributed by atoms with Crippen LogP contribution < -0.4 is 0 Å². The van der Waals surface area contributed by atoms with Gasteiger partial charge >= 0.3 is 0 Å². The van der Waals surface area contributed by atoms with E-state index in [9.17, 15) is 0 Å². The van der Waals surface area contributed by atoms with Crippen LogP contribution in [-0.2, 0) is 0 Å². The van der Waals surface area contributed by atoms with E-state index in [0.29, 0.717) is 5.41 Å². The minimum Gasteiger partial charge on any atom is -0.126 e. The predicted octanol–water partition coefficient (Wildman–Crippen LogP) is 2.81. The number of rotatable bonds is 1. The van der Waals surface area contributed by atoms with Gasteiger partial charge in [-0.2, -0.15) is 0 Å². The first kappa shape index (κ1) is 6.03. The Hall–Kier alpha value is 0.290. The Balaban J connectivity index is 2.01. The normalized spacial score (nSPS) is 48.3. The van der Waals surface area contributed by atoms with Gasteiger partial charge in [0.1, 0.15) is 0 Å². The fourth-order valence-electron chi connectivity index (χ4n) is 2.24. The van der Waals surface area contributed by atoms with Gasteiger partial charge < -0.3 is 0 Å². The van der Waals surface area contributed by atoms with E-state index in [1.54, 1.807) is 0 Å². The number of fused-ring (bicyclic) bond motifs is 1. The van der Waals surface area contributed by atoms with Crippen molar-refractivity contribution < 1.29 is 0 Å². The highest BCUT2D eigenvalue weighted by molar-refractivity contribution is 6.18. The molecule has 9 heavy (non-hydrogen) atoms. The van der Waals surface area contributed by atoms with E-state index in [1.165, 1.54) is 32.1 Å². The van der Waals surface area contributed by atoms with Crippen LogP contribution in [0.25, 0.3) is 0 Å². The molecule has 0 N–H and O–H groups in total. The summed E-state index contributed by atoms with van der Waals surface area (Å²) in [5, 5.41) is 0. The van der Waals surface area contributed by atoms with Gasteiger partial charge in [0, 0.05) is 5.88 Å². The van der Waals surface area contributed by atoms with Gasteiger partial charge in [0.2, 0.25) is 0 Å². The smallest absolute Gasteiger partial charge is 0.0282 e. The molecule has 0 bridgehead atoms. The summed E-state index contributed by atoms with van der Waals surface area (Å²) in [6.07, 6.45) is 7.22. The van der Waals surface area contributed by atoms with Crippen molar-refractivity contribution >= 4 is 11.6 Å².